The summed E-state index contributed by atoms with van der Waals surface area (Å²) in [6.45, 7) is 0.298. The number of aryl methyl sites for hydroxylation is 1. The number of carbonyl (C=O) groups excluding carboxylic acids is 1. The van der Waals surface area contributed by atoms with Gasteiger partial charge in [-0.1, -0.05) is 31.0 Å². The zero-order valence-corrected chi connectivity index (χ0v) is 17.3. The number of aromatic nitrogens is 2. The van der Waals surface area contributed by atoms with Crippen LogP contribution in [0.5, 0.6) is 0 Å². The van der Waals surface area contributed by atoms with Crippen molar-refractivity contribution in [2.24, 2.45) is 0 Å². The van der Waals surface area contributed by atoms with Gasteiger partial charge in [0.1, 0.15) is 0 Å². The number of carbonyl (C=O) groups is 1. The fraction of sp³-hybridized carbons (Fsp3) is 0.318. The van der Waals surface area contributed by atoms with E-state index in [0.29, 0.717) is 36.0 Å². The van der Waals surface area contributed by atoms with Gasteiger partial charge < -0.3 is 5.32 Å². The highest BCUT2D eigenvalue weighted by molar-refractivity contribution is 7.92. The highest BCUT2D eigenvalue weighted by Crippen LogP contribution is 2.30. The maximum absolute atomic E-state index is 12.8. The van der Waals surface area contributed by atoms with Gasteiger partial charge in [0, 0.05) is 17.5 Å². The molecule has 1 saturated carbocycles. The van der Waals surface area contributed by atoms with E-state index in [4.69, 9.17) is 0 Å². The number of amides is 1. The number of para-hydroxylation sites is 1. The lowest BCUT2D eigenvalue weighted by Gasteiger charge is -2.13. The quantitative estimate of drug-likeness (QED) is 0.654. The molecule has 8 heteroatoms. The maximum Gasteiger partial charge on any atom is 0.226 e. The first kappa shape index (κ1) is 20.3. The zero-order chi connectivity index (χ0) is 21.1. The molecule has 3 aromatic rings. The Morgan fingerprint density at radius 1 is 1.10 bits per heavy atom. The van der Waals surface area contributed by atoms with Crippen LogP contribution < -0.4 is 10.7 Å². The summed E-state index contributed by atoms with van der Waals surface area (Å²) in [6, 6.07) is 13.6. The number of hydrogen-bond acceptors (Lipinski definition) is 5. The Morgan fingerprint density at radius 2 is 1.87 bits per heavy atom. The minimum absolute atomic E-state index is 0.138. The van der Waals surface area contributed by atoms with E-state index < -0.39 is 9.84 Å². The smallest absolute Gasteiger partial charge is 0.226 e. The standard InChI is InChI=1S/C22H23N3O4S/c26-21-15-23-25(20-11-4-3-10-19(20)21)13-12-22(27)24-16-6-5-9-18(14-16)30(28,29)17-7-1-2-8-17/h3-6,9-11,14-15,17H,1-2,7-8,12-13H2,(H,24,27). The third kappa shape index (κ3) is 4.14. The monoisotopic (exact) mass is 425 g/mol. The molecule has 1 aliphatic carbocycles. The first-order valence-corrected chi connectivity index (χ1v) is 11.6. The third-order valence-electron chi connectivity index (χ3n) is 5.50. The molecule has 0 spiro atoms. The van der Waals surface area contributed by atoms with Crippen molar-refractivity contribution in [3.63, 3.8) is 0 Å². The van der Waals surface area contributed by atoms with Gasteiger partial charge in [0.2, 0.25) is 11.3 Å². The van der Waals surface area contributed by atoms with Crippen LogP contribution in [0.4, 0.5) is 5.69 Å². The molecule has 0 unspecified atom stereocenters. The molecule has 1 heterocycles. The summed E-state index contributed by atoms with van der Waals surface area (Å²) < 4.78 is 27.2. The lowest BCUT2D eigenvalue weighted by Crippen LogP contribution is -2.19. The summed E-state index contributed by atoms with van der Waals surface area (Å²) in [5.41, 5.74) is 0.964. The van der Waals surface area contributed by atoms with Gasteiger partial charge >= 0.3 is 0 Å². The second-order valence-electron chi connectivity index (χ2n) is 7.53. The van der Waals surface area contributed by atoms with Crippen LogP contribution >= 0.6 is 0 Å². The van der Waals surface area contributed by atoms with Crippen molar-refractivity contribution in [1.29, 1.82) is 0 Å². The topological polar surface area (TPSA) is 98.1 Å². The number of nitrogens with one attached hydrogen (secondary N) is 1. The third-order valence-corrected chi connectivity index (χ3v) is 7.76. The Morgan fingerprint density at radius 3 is 2.67 bits per heavy atom. The van der Waals surface area contributed by atoms with E-state index in [1.807, 2.05) is 6.07 Å². The lowest BCUT2D eigenvalue weighted by atomic mass is 10.2. The molecular weight excluding hydrogens is 402 g/mol. The van der Waals surface area contributed by atoms with Crippen LogP contribution in [0.25, 0.3) is 10.9 Å². The molecular formula is C22H23N3O4S. The Balaban J connectivity index is 1.45. The lowest BCUT2D eigenvalue weighted by molar-refractivity contribution is -0.116. The molecule has 1 fully saturated rings. The van der Waals surface area contributed by atoms with Crippen LogP contribution in [0.2, 0.25) is 0 Å². The van der Waals surface area contributed by atoms with E-state index in [9.17, 15) is 18.0 Å². The summed E-state index contributed by atoms with van der Waals surface area (Å²) in [6.07, 6.45) is 4.65. The van der Waals surface area contributed by atoms with Crippen molar-refractivity contribution in [2.45, 2.75) is 48.8 Å². The van der Waals surface area contributed by atoms with Crippen molar-refractivity contribution in [3.05, 3.63) is 65.0 Å². The Kier molecular flexibility index (Phi) is 5.67. The summed E-state index contributed by atoms with van der Waals surface area (Å²) in [7, 11) is -3.38. The molecule has 0 aliphatic heterocycles. The number of benzene rings is 2. The fourth-order valence-electron chi connectivity index (χ4n) is 3.91. The van der Waals surface area contributed by atoms with Crippen LogP contribution in [-0.4, -0.2) is 29.4 Å². The predicted molar refractivity (Wildman–Crippen MR) is 115 cm³/mol. The summed E-state index contributed by atoms with van der Waals surface area (Å²) in [5, 5.41) is 7.11. The van der Waals surface area contributed by atoms with Gasteiger partial charge in [-0.25, -0.2) is 8.42 Å². The average Bonchev–Trinajstić information content (AvgIpc) is 3.30. The van der Waals surface area contributed by atoms with E-state index in [2.05, 4.69) is 10.4 Å². The fourth-order valence-corrected chi connectivity index (χ4v) is 5.81. The second-order valence-corrected chi connectivity index (χ2v) is 9.75. The number of rotatable bonds is 6. The van der Waals surface area contributed by atoms with Gasteiger partial charge in [0.25, 0.3) is 0 Å². The van der Waals surface area contributed by atoms with E-state index in [0.717, 1.165) is 12.8 Å². The van der Waals surface area contributed by atoms with E-state index >= 15 is 0 Å². The van der Waals surface area contributed by atoms with Gasteiger partial charge in [-0.2, -0.15) is 5.10 Å². The van der Waals surface area contributed by atoms with Gasteiger partial charge in [0.15, 0.2) is 9.84 Å². The van der Waals surface area contributed by atoms with Crippen LogP contribution in [-0.2, 0) is 21.2 Å². The number of sulfone groups is 1. The van der Waals surface area contributed by atoms with Crippen molar-refractivity contribution >= 4 is 32.3 Å². The summed E-state index contributed by atoms with van der Waals surface area (Å²) >= 11 is 0. The van der Waals surface area contributed by atoms with E-state index in [-0.39, 0.29) is 27.9 Å². The molecule has 1 aromatic heterocycles. The molecule has 0 bridgehead atoms. The van der Waals surface area contributed by atoms with Gasteiger partial charge in [-0.05, 0) is 43.2 Å². The minimum Gasteiger partial charge on any atom is -0.326 e. The summed E-state index contributed by atoms with van der Waals surface area (Å²) in [4.78, 5) is 24.6. The molecule has 0 radical (unpaired) electrons. The number of anilines is 1. The molecule has 1 aliphatic rings. The Bertz CT molecular complexity index is 1240. The molecule has 2 aromatic carbocycles. The van der Waals surface area contributed by atoms with E-state index in [1.165, 1.54) is 12.3 Å². The Hall–Kier alpha value is -3.00. The van der Waals surface area contributed by atoms with Crippen LogP contribution in [0, 0.1) is 0 Å². The number of fused-ring (bicyclic) bond motifs is 1. The van der Waals surface area contributed by atoms with Gasteiger partial charge in [-0.15, -0.1) is 0 Å². The number of hydrogen-bond donors (Lipinski definition) is 1. The molecule has 7 nitrogen and oxygen atoms in total. The normalized spacial score (nSPS) is 14.8. The largest absolute Gasteiger partial charge is 0.326 e. The van der Waals surface area contributed by atoms with Crippen LogP contribution in [0.1, 0.15) is 32.1 Å². The zero-order valence-electron chi connectivity index (χ0n) is 16.5. The first-order valence-electron chi connectivity index (χ1n) is 10.0. The van der Waals surface area contributed by atoms with E-state index in [1.54, 1.807) is 41.1 Å². The van der Waals surface area contributed by atoms with Gasteiger partial charge in [-0.3, -0.25) is 14.3 Å². The van der Waals surface area contributed by atoms with Crippen molar-refractivity contribution in [2.75, 3.05) is 5.32 Å². The van der Waals surface area contributed by atoms with Gasteiger partial charge in [0.05, 0.1) is 28.4 Å². The highest BCUT2D eigenvalue weighted by atomic mass is 32.2. The molecule has 156 valence electrons. The molecule has 1 N–H and O–H groups in total. The van der Waals surface area contributed by atoms with Crippen molar-refractivity contribution in [1.82, 2.24) is 9.78 Å². The minimum atomic E-state index is -3.38. The SMILES string of the molecule is O=C(CCn1ncc(=O)c2ccccc21)Nc1cccc(S(=O)(=O)C2CCCC2)c1. The summed E-state index contributed by atoms with van der Waals surface area (Å²) in [5.74, 6) is -0.255. The molecule has 0 saturated heterocycles. The predicted octanol–water partition coefficient (Wildman–Crippen LogP) is 3.14. The van der Waals surface area contributed by atoms with Crippen molar-refractivity contribution in [3.8, 4) is 0 Å². The second kappa shape index (κ2) is 8.39. The number of nitrogens with zero attached hydrogens (tertiary/aromatic N) is 2. The maximum atomic E-state index is 12.8. The molecule has 0 atom stereocenters. The van der Waals surface area contributed by atoms with Crippen LogP contribution in [0.3, 0.4) is 0 Å². The first-order chi connectivity index (χ1) is 14.4. The Labute approximate surface area is 174 Å². The van der Waals surface area contributed by atoms with Crippen molar-refractivity contribution < 1.29 is 13.2 Å². The molecule has 1 amide bonds. The average molecular weight is 426 g/mol. The molecule has 4 rings (SSSR count). The molecule has 30 heavy (non-hydrogen) atoms. The van der Waals surface area contributed by atoms with Crippen LogP contribution in [0.15, 0.2) is 64.4 Å². The highest BCUT2D eigenvalue weighted by Gasteiger charge is 2.30.